The van der Waals surface area contributed by atoms with Gasteiger partial charge in [-0.3, -0.25) is 9.19 Å². The first kappa shape index (κ1) is 21.7. The Labute approximate surface area is 184 Å². The number of nitrogens with one attached hydrogen (secondary N) is 1. The van der Waals surface area contributed by atoms with Crippen molar-refractivity contribution in [3.8, 4) is 17.2 Å². The van der Waals surface area contributed by atoms with Crippen LogP contribution in [0.1, 0.15) is 11.3 Å². The van der Waals surface area contributed by atoms with Crippen LogP contribution in [0.3, 0.4) is 0 Å². The fourth-order valence-electron chi connectivity index (χ4n) is 3.00. The monoisotopic (exact) mass is 459 g/mol. The van der Waals surface area contributed by atoms with E-state index < -0.39 is 17.4 Å². The average molecular weight is 459 g/mol. The lowest BCUT2D eigenvalue weighted by Gasteiger charge is -2.11. The molecule has 1 atom stereocenters. The number of alkyl halides is 2. The summed E-state index contributed by atoms with van der Waals surface area (Å²) in [5.41, 5.74) is 2.47. The maximum Gasteiger partial charge on any atom is 0.387 e. The molecule has 32 heavy (non-hydrogen) atoms. The number of aromatic nitrogens is 3. The van der Waals surface area contributed by atoms with E-state index >= 15 is 0 Å². The van der Waals surface area contributed by atoms with Crippen molar-refractivity contribution in [3.05, 3.63) is 72.1 Å². The number of methoxy groups -OCH3 is 1. The fourth-order valence-corrected chi connectivity index (χ4v) is 3.99. The van der Waals surface area contributed by atoms with Gasteiger partial charge >= 0.3 is 6.61 Å². The number of aromatic amines is 1. The molecular formula is C22H19F2N3O4S. The minimum Gasteiger partial charge on any atom is -0.493 e. The van der Waals surface area contributed by atoms with Gasteiger partial charge in [-0.2, -0.15) is 8.78 Å². The number of pyridine rings is 1. The number of fused-ring (bicyclic) bond motifs is 1. The van der Waals surface area contributed by atoms with Crippen LogP contribution in [0, 0.1) is 0 Å². The highest BCUT2D eigenvalue weighted by atomic mass is 32.2. The van der Waals surface area contributed by atoms with E-state index in [-0.39, 0.29) is 16.7 Å². The number of ether oxygens (including phenoxy) is 3. The maximum absolute atomic E-state index is 12.8. The third-order valence-corrected chi connectivity index (χ3v) is 5.68. The quantitative estimate of drug-likeness (QED) is 0.398. The van der Waals surface area contributed by atoms with E-state index in [4.69, 9.17) is 9.47 Å². The van der Waals surface area contributed by atoms with Crippen LogP contribution in [-0.4, -0.2) is 32.9 Å². The zero-order valence-electron chi connectivity index (χ0n) is 17.0. The van der Waals surface area contributed by atoms with Crippen molar-refractivity contribution in [1.29, 1.82) is 0 Å². The highest BCUT2D eigenvalue weighted by molar-refractivity contribution is 7.84. The molecule has 7 nitrogen and oxygen atoms in total. The standard InChI is InChI=1S/C22H19F2N3O4S/c1-29-19-9-15(25-11-20(19)30-12-14-5-3-2-4-6-14)13-32(28)22-26-17-8-7-16(31-21(23)24)10-18(17)27-22/h2-11,21H,12-13H2,1H3,(H,26,27). The van der Waals surface area contributed by atoms with E-state index in [1.165, 1.54) is 31.5 Å². The summed E-state index contributed by atoms with van der Waals surface area (Å²) in [6.07, 6.45) is 1.53. The third-order valence-electron chi connectivity index (χ3n) is 4.50. The van der Waals surface area contributed by atoms with Gasteiger partial charge in [0.15, 0.2) is 16.7 Å². The van der Waals surface area contributed by atoms with Crippen LogP contribution in [0.2, 0.25) is 0 Å². The number of imidazole rings is 1. The molecule has 0 aliphatic carbocycles. The van der Waals surface area contributed by atoms with Crippen molar-refractivity contribution < 1.29 is 27.2 Å². The van der Waals surface area contributed by atoms with Crippen molar-refractivity contribution in [2.24, 2.45) is 0 Å². The van der Waals surface area contributed by atoms with Gasteiger partial charge in [-0.25, -0.2) is 4.98 Å². The van der Waals surface area contributed by atoms with Gasteiger partial charge in [0, 0.05) is 12.1 Å². The van der Waals surface area contributed by atoms with Gasteiger partial charge < -0.3 is 19.2 Å². The molecule has 4 aromatic rings. The molecule has 2 aromatic heterocycles. The number of rotatable bonds is 9. The summed E-state index contributed by atoms with van der Waals surface area (Å²) in [7, 11) is -0.0316. The Morgan fingerprint density at radius 1 is 1.09 bits per heavy atom. The normalized spacial score (nSPS) is 12.1. The highest BCUT2D eigenvalue weighted by Gasteiger charge is 2.15. The van der Waals surface area contributed by atoms with E-state index in [0.29, 0.717) is 34.8 Å². The summed E-state index contributed by atoms with van der Waals surface area (Å²) < 4.78 is 53.2. The van der Waals surface area contributed by atoms with Crippen molar-refractivity contribution in [2.45, 2.75) is 24.1 Å². The largest absolute Gasteiger partial charge is 0.493 e. The molecule has 0 saturated heterocycles. The van der Waals surface area contributed by atoms with E-state index in [0.717, 1.165) is 5.56 Å². The Hall–Kier alpha value is -3.53. The summed E-state index contributed by atoms with van der Waals surface area (Å²) in [6, 6.07) is 15.6. The Bertz CT molecular complexity index is 1230. The van der Waals surface area contributed by atoms with Gasteiger partial charge in [0.2, 0.25) is 0 Å². The third kappa shape index (κ3) is 5.20. The van der Waals surface area contributed by atoms with Gasteiger partial charge in [0.1, 0.15) is 12.4 Å². The molecule has 0 amide bonds. The fraction of sp³-hybridized carbons (Fsp3) is 0.182. The minimum absolute atomic E-state index is 0.00835. The van der Waals surface area contributed by atoms with E-state index in [9.17, 15) is 13.0 Å². The summed E-state index contributed by atoms with van der Waals surface area (Å²) in [4.78, 5) is 11.5. The van der Waals surface area contributed by atoms with Gasteiger partial charge in [-0.05, 0) is 17.7 Å². The topological polar surface area (TPSA) is 86.3 Å². The molecule has 1 N–H and O–H groups in total. The maximum atomic E-state index is 12.8. The molecule has 4 rings (SSSR count). The molecule has 0 aliphatic heterocycles. The first-order chi connectivity index (χ1) is 15.5. The van der Waals surface area contributed by atoms with Gasteiger partial charge in [0.25, 0.3) is 0 Å². The summed E-state index contributed by atoms with van der Waals surface area (Å²) >= 11 is 0. The number of H-pyrrole nitrogens is 1. The predicted molar refractivity (Wildman–Crippen MR) is 114 cm³/mol. The highest BCUT2D eigenvalue weighted by Crippen LogP contribution is 2.28. The molecule has 166 valence electrons. The first-order valence-electron chi connectivity index (χ1n) is 9.54. The molecular weight excluding hydrogens is 440 g/mol. The van der Waals surface area contributed by atoms with Crippen molar-refractivity contribution >= 4 is 21.8 Å². The van der Waals surface area contributed by atoms with E-state index in [1.54, 1.807) is 6.07 Å². The van der Waals surface area contributed by atoms with Crippen LogP contribution in [0.15, 0.2) is 66.0 Å². The molecule has 0 aliphatic rings. The zero-order chi connectivity index (χ0) is 22.5. The number of hydrogen-bond donors (Lipinski definition) is 1. The van der Waals surface area contributed by atoms with Crippen molar-refractivity contribution in [1.82, 2.24) is 15.0 Å². The number of halogens is 2. The summed E-state index contributed by atoms with van der Waals surface area (Å²) in [6.45, 7) is -2.56. The van der Waals surface area contributed by atoms with Crippen molar-refractivity contribution in [2.75, 3.05) is 7.11 Å². The summed E-state index contributed by atoms with van der Waals surface area (Å²) in [5.74, 6) is 1.02. The molecule has 2 heterocycles. The molecule has 0 bridgehead atoms. The second-order valence-corrected chi connectivity index (χ2v) is 8.06. The number of nitrogens with zero attached hydrogens (tertiary/aromatic N) is 2. The zero-order valence-corrected chi connectivity index (χ0v) is 17.8. The van der Waals surface area contributed by atoms with Crippen LogP contribution in [0.5, 0.6) is 17.2 Å². The first-order valence-corrected chi connectivity index (χ1v) is 10.9. The smallest absolute Gasteiger partial charge is 0.387 e. The second-order valence-electron chi connectivity index (χ2n) is 6.69. The van der Waals surface area contributed by atoms with E-state index in [1.807, 2.05) is 30.3 Å². The number of hydrogen-bond acceptors (Lipinski definition) is 6. The summed E-state index contributed by atoms with van der Waals surface area (Å²) in [5, 5.41) is 0.208. The predicted octanol–water partition coefficient (Wildman–Crippen LogP) is 4.45. The molecule has 0 radical (unpaired) electrons. The van der Waals surface area contributed by atoms with Gasteiger partial charge in [-0.1, -0.05) is 30.3 Å². The minimum atomic E-state index is -2.93. The molecule has 1 unspecified atom stereocenters. The molecule has 0 spiro atoms. The molecule has 0 fully saturated rings. The Morgan fingerprint density at radius 2 is 1.91 bits per heavy atom. The molecule has 10 heteroatoms. The SMILES string of the molecule is COc1cc(CS(=O)c2nc3ccc(OC(F)F)cc3[nH]2)ncc1OCc1ccccc1. The number of benzene rings is 2. The lowest BCUT2D eigenvalue weighted by Crippen LogP contribution is -2.03. The van der Waals surface area contributed by atoms with Crippen LogP contribution in [-0.2, 0) is 23.2 Å². The molecule has 2 aromatic carbocycles. The van der Waals surface area contributed by atoms with Crippen LogP contribution in [0.25, 0.3) is 11.0 Å². The lowest BCUT2D eigenvalue weighted by molar-refractivity contribution is -0.0497. The lowest BCUT2D eigenvalue weighted by atomic mass is 10.2. The van der Waals surface area contributed by atoms with Gasteiger partial charge in [0.05, 0.1) is 46.6 Å². The Morgan fingerprint density at radius 3 is 2.66 bits per heavy atom. The van der Waals surface area contributed by atoms with Crippen LogP contribution in [0.4, 0.5) is 8.78 Å². The Kier molecular flexibility index (Phi) is 6.60. The average Bonchev–Trinajstić information content (AvgIpc) is 3.22. The van der Waals surface area contributed by atoms with Gasteiger partial charge in [-0.15, -0.1) is 0 Å². The van der Waals surface area contributed by atoms with Crippen LogP contribution < -0.4 is 14.2 Å². The Balaban J connectivity index is 1.46. The van der Waals surface area contributed by atoms with Crippen LogP contribution >= 0.6 is 0 Å². The second kappa shape index (κ2) is 9.73. The molecule has 0 saturated carbocycles. The van der Waals surface area contributed by atoms with Crippen molar-refractivity contribution in [3.63, 3.8) is 0 Å². The van der Waals surface area contributed by atoms with E-state index in [2.05, 4.69) is 19.7 Å².